The van der Waals surface area contributed by atoms with Crippen molar-refractivity contribution in [3.05, 3.63) is 101 Å². The van der Waals surface area contributed by atoms with E-state index in [0.29, 0.717) is 0 Å². The molecule has 0 aliphatic carbocycles. The second kappa shape index (κ2) is 6.97. The predicted molar refractivity (Wildman–Crippen MR) is 97.6 cm³/mol. The summed E-state index contributed by atoms with van der Waals surface area (Å²) in [5, 5.41) is 0. The van der Waals surface area contributed by atoms with Gasteiger partial charge in [0.2, 0.25) is 0 Å². The van der Waals surface area contributed by atoms with Gasteiger partial charge in [-0.15, -0.1) is 0 Å². The second-order valence-corrected chi connectivity index (χ2v) is 5.56. The Hall–Kier alpha value is -2.80. The molecule has 3 aromatic carbocycles. The Morgan fingerprint density at radius 2 is 1.35 bits per heavy atom. The molecule has 1 nitrogen and oxygen atoms in total. The topological polar surface area (TPSA) is 9.23 Å². The summed E-state index contributed by atoms with van der Waals surface area (Å²) in [7, 11) is 1.69. The summed E-state index contributed by atoms with van der Waals surface area (Å²) in [5.41, 5.74) is 6.06. The molecular formula is C22H20O. The maximum absolute atomic E-state index is 5.27. The normalized spacial score (nSPS) is 11.3. The predicted octanol–water partition coefficient (Wildman–Crippen LogP) is 5.59. The standard InChI is InChI=1S/C22H20O/c1-17-8-10-18(11-9-17)16-22(19-6-4-3-5-7-19)20-12-14-21(23-2)15-13-20/h3-16H,1-2H3/b22-16+. The molecule has 1 heteroatoms. The van der Waals surface area contributed by atoms with Crippen LogP contribution in [0.15, 0.2) is 78.9 Å². The van der Waals surface area contributed by atoms with Crippen molar-refractivity contribution < 1.29 is 4.74 Å². The van der Waals surface area contributed by atoms with Crippen LogP contribution in [0.1, 0.15) is 22.3 Å². The highest BCUT2D eigenvalue weighted by Gasteiger charge is 2.05. The molecule has 0 atom stereocenters. The van der Waals surface area contributed by atoms with Gasteiger partial charge in [-0.1, -0.05) is 72.3 Å². The Bertz CT molecular complexity index is 782. The summed E-state index contributed by atoms with van der Waals surface area (Å²) in [6, 6.07) is 27.3. The number of ether oxygens (including phenoxy) is 1. The molecule has 0 radical (unpaired) electrons. The number of hydrogen-bond acceptors (Lipinski definition) is 1. The minimum atomic E-state index is 0.872. The number of aryl methyl sites for hydroxylation is 1. The summed E-state index contributed by atoms with van der Waals surface area (Å²) >= 11 is 0. The van der Waals surface area contributed by atoms with Gasteiger partial charge in [0.25, 0.3) is 0 Å². The third-order valence-electron chi connectivity index (χ3n) is 3.87. The first kappa shape index (κ1) is 15.1. The molecule has 0 fully saturated rings. The third kappa shape index (κ3) is 3.70. The van der Waals surface area contributed by atoms with Crippen LogP contribution in [0.2, 0.25) is 0 Å². The maximum Gasteiger partial charge on any atom is 0.118 e. The fourth-order valence-electron chi connectivity index (χ4n) is 2.55. The SMILES string of the molecule is COc1ccc(/C(=C/c2ccc(C)cc2)c2ccccc2)cc1. The van der Waals surface area contributed by atoms with Gasteiger partial charge in [-0.2, -0.15) is 0 Å². The smallest absolute Gasteiger partial charge is 0.118 e. The summed E-state index contributed by atoms with van der Waals surface area (Å²) in [6.45, 7) is 2.11. The largest absolute Gasteiger partial charge is 0.497 e. The zero-order valence-electron chi connectivity index (χ0n) is 13.5. The summed E-state index contributed by atoms with van der Waals surface area (Å²) in [4.78, 5) is 0. The minimum absolute atomic E-state index is 0.872. The molecule has 0 N–H and O–H groups in total. The summed E-state index contributed by atoms with van der Waals surface area (Å²) in [6.07, 6.45) is 2.23. The van der Waals surface area contributed by atoms with Crippen molar-refractivity contribution in [2.24, 2.45) is 0 Å². The third-order valence-corrected chi connectivity index (χ3v) is 3.87. The van der Waals surface area contributed by atoms with Crippen molar-refractivity contribution in [1.29, 1.82) is 0 Å². The molecule has 0 aliphatic rings. The van der Waals surface area contributed by atoms with Crippen LogP contribution in [0.4, 0.5) is 0 Å². The Kier molecular flexibility index (Phi) is 4.58. The van der Waals surface area contributed by atoms with E-state index in [-0.39, 0.29) is 0 Å². The molecule has 0 unspecified atom stereocenters. The summed E-state index contributed by atoms with van der Waals surface area (Å²) in [5.74, 6) is 0.872. The van der Waals surface area contributed by atoms with E-state index in [4.69, 9.17) is 4.74 Å². The Balaban J connectivity index is 2.08. The quantitative estimate of drug-likeness (QED) is 0.570. The molecular weight excluding hydrogens is 280 g/mol. The lowest BCUT2D eigenvalue weighted by Gasteiger charge is -2.10. The van der Waals surface area contributed by atoms with Crippen molar-refractivity contribution in [3.8, 4) is 5.75 Å². The molecule has 23 heavy (non-hydrogen) atoms. The monoisotopic (exact) mass is 300 g/mol. The average Bonchev–Trinajstić information content (AvgIpc) is 2.62. The van der Waals surface area contributed by atoms with E-state index in [2.05, 4.69) is 73.7 Å². The van der Waals surface area contributed by atoms with Gasteiger partial charge >= 0.3 is 0 Å². The molecule has 3 rings (SSSR count). The van der Waals surface area contributed by atoms with Gasteiger partial charge in [-0.25, -0.2) is 0 Å². The Labute approximate surface area is 137 Å². The Morgan fingerprint density at radius 1 is 0.739 bits per heavy atom. The van der Waals surface area contributed by atoms with Crippen LogP contribution >= 0.6 is 0 Å². The molecule has 0 heterocycles. The summed E-state index contributed by atoms with van der Waals surface area (Å²) < 4.78 is 5.27. The Morgan fingerprint density at radius 3 is 1.96 bits per heavy atom. The average molecular weight is 300 g/mol. The van der Waals surface area contributed by atoms with Gasteiger partial charge in [0, 0.05) is 0 Å². The van der Waals surface area contributed by atoms with E-state index in [1.165, 1.54) is 27.8 Å². The van der Waals surface area contributed by atoms with Crippen molar-refractivity contribution in [2.45, 2.75) is 6.92 Å². The minimum Gasteiger partial charge on any atom is -0.497 e. The van der Waals surface area contributed by atoms with E-state index in [0.717, 1.165) is 5.75 Å². The van der Waals surface area contributed by atoms with E-state index >= 15 is 0 Å². The highest BCUT2D eigenvalue weighted by Crippen LogP contribution is 2.27. The molecule has 0 spiro atoms. The van der Waals surface area contributed by atoms with E-state index < -0.39 is 0 Å². The molecule has 0 amide bonds. The maximum atomic E-state index is 5.27. The first-order chi connectivity index (χ1) is 11.3. The zero-order valence-corrected chi connectivity index (χ0v) is 13.5. The van der Waals surface area contributed by atoms with Crippen LogP contribution in [0, 0.1) is 6.92 Å². The van der Waals surface area contributed by atoms with Gasteiger partial charge < -0.3 is 4.74 Å². The lowest BCUT2D eigenvalue weighted by Crippen LogP contribution is -1.89. The first-order valence-corrected chi connectivity index (χ1v) is 7.74. The van der Waals surface area contributed by atoms with Crippen LogP contribution in [0.5, 0.6) is 5.75 Å². The molecule has 3 aromatic rings. The highest BCUT2D eigenvalue weighted by molar-refractivity contribution is 5.91. The van der Waals surface area contributed by atoms with Gasteiger partial charge in [-0.05, 0) is 47.4 Å². The number of hydrogen-bond donors (Lipinski definition) is 0. The van der Waals surface area contributed by atoms with Crippen molar-refractivity contribution >= 4 is 11.6 Å². The van der Waals surface area contributed by atoms with Crippen LogP contribution < -0.4 is 4.74 Å². The van der Waals surface area contributed by atoms with Crippen LogP contribution in [-0.4, -0.2) is 7.11 Å². The molecule has 0 bridgehead atoms. The van der Waals surface area contributed by atoms with Crippen molar-refractivity contribution in [1.82, 2.24) is 0 Å². The highest BCUT2D eigenvalue weighted by atomic mass is 16.5. The van der Waals surface area contributed by atoms with Gasteiger partial charge in [-0.3, -0.25) is 0 Å². The van der Waals surface area contributed by atoms with Gasteiger partial charge in [0.1, 0.15) is 5.75 Å². The first-order valence-electron chi connectivity index (χ1n) is 7.74. The van der Waals surface area contributed by atoms with Crippen LogP contribution in [-0.2, 0) is 0 Å². The van der Waals surface area contributed by atoms with E-state index in [9.17, 15) is 0 Å². The molecule has 0 aliphatic heterocycles. The lowest BCUT2D eigenvalue weighted by atomic mass is 9.95. The second-order valence-electron chi connectivity index (χ2n) is 5.56. The molecule has 0 saturated heterocycles. The van der Waals surface area contributed by atoms with Gasteiger partial charge in [0.15, 0.2) is 0 Å². The van der Waals surface area contributed by atoms with Crippen molar-refractivity contribution in [3.63, 3.8) is 0 Å². The molecule has 0 aromatic heterocycles. The van der Waals surface area contributed by atoms with Crippen LogP contribution in [0.25, 0.3) is 11.6 Å². The van der Waals surface area contributed by atoms with E-state index in [1.54, 1.807) is 7.11 Å². The lowest BCUT2D eigenvalue weighted by molar-refractivity contribution is 0.415. The fourth-order valence-corrected chi connectivity index (χ4v) is 2.55. The number of methoxy groups -OCH3 is 1. The zero-order chi connectivity index (χ0) is 16.1. The van der Waals surface area contributed by atoms with Crippen LogP contribution in [0.3, 0.4) is 0 Å². The van der Waals surface area contributed by atoms with Crippen molar-refractivity contribution in [2.75, 3.05) is 7.11 Å². The van der Waals surface area contributed by atoms with Gasteiger partial charge in [0.05, 0.1) is 7.11 Å². The van der Waals surface area contributed by atoms with E-state index in [1.807, 2.05) is 18.2 Å². The number of rotatable bonds is 4. The molecule has 114 valence electrons. The molecule has 0 saturated carbocycles. The fraction of sp³-hybridized carbons (Fsp3) is 0.0909. The number of benzene rings is 3.